The summed E-state index contributed by atoms with van der Waals surface area (Å²) in [5.41, 5.74) is 42.0. The first-order chi connectivity index (χ1) is 60.0. The van der Waals surface area contributed by atoms with E-state index >= 15 is 0 Å². The zero-order chi connectivity index (χ0) is 83.1. The van der Waals surface area contributed by atoms with Gasteiger partial charge in [-0.1, -0.05) is 368 Å². The van der Waals surface area contributed by atoms with Gasteiger partial charge in [-0.25, -0.2) is 0 Å². The maximum Gasteiger partial charge on any atom is 0.0543 e. The number of aromatic nitrogens is 3. The number of rotatable bonds is 9. The van der Waals surface area contributed by atoms with Crippen molar-refractivity contribution in [1.29, 1.82) is 0 Å². The summed E-state index contributed by atoms with van der Waals surface area (Å²) in [6.45, 7) is 14.1. The third-order valence-corrected chi connectivity index (χ3v) is 28.7. The summed E-state index contributed by atoms with van der Waals surface area (Å²) in [5.74, 6) is 0. The van der Waals surface area contributed by atoms with Gasteiger partial charge in [0.25, 0.3) is 0 Å². The number of hydrogen-bond donors (Lipinski definition) is 0. The molecule has 21 aromatic rings. The van der Waals surface area contributed by atoms with Crippen LogP contribution in [-0.2, 0) is 16.2 Å². The molecular weight excluding hydrogens is 1690 g/mol. The molecule has 588 valence electrons. The van der Waals surface area contributed by atoms with E-state index in [-0.39, 0.29) is 16.2 Å². The van der Waals surface area contributed by atoms with E-state index < -0.39 is 0 Å². The van der Waals surface area contributed by atoms with Crippen LogP contribution in [0.1, 0.15) is 74.9 Å². The van der Waals surface area contributed by atoms with E-state index in [0.29, 0.717) is 0 Å². The van der Waals surface area contributed by atoms with E-state index in [9.17, 15) is 0 Å². The van der Waals surface area contributed by atoms with Crippen molar-refractivity contribution in [2.24, 2.45) is 0 Å². The number of fused-ring (bicyclic) bond motifs is 18. The lowest BCUT2D eigenvalue weighted by atomic mass is 9.82. The molecule has 0 radical (unpaired) electrons. The van der Waals surface area contributed by atoms with E-state index in [0.717, 1.165) is 13.4 Å². The lowest BCUT2D eigenvalue weighted by Gasteiger charge is -2.22. The van der Waals surface area contributed by atoms with Gasteiger partial charge >= 0.3 is 0 Å². The Kier molecular flexibility index (Phi) is 18.4. The van der Waals surface area contributed by atoms with Gasteiger partial charge in [-0.05, 0) is 249 Å². The average molecular weight is 1770 g/mol. The Labute approximate surface area is 742 Å². The molecule has 18 aromatic carbocycles. The van der Waals surface area contributed by atoms with Crippen LogP contribution in [0.4, 0.5) is 0 Å². The van der Waals surface area contributed by atoms with Crippen molar-refractivity contribution in [3.8, 4) is 117 Å². The van der Waals surface area contributed by atoms with Crippen molar-refractivity contribution in [3.63, 3.8) is 0 Å². The highest BCUT2D eigenvalue weighted by Gasteiger charge is 2.39. The van der Waals surface area contributed by atoms with E-state index in [2.05, 4.69) is 503 Å². The Balaban J connectivity index is 0.000000110. The van der Waals surface area contributed by atoms with Crippen molar-refractivity contribution in [2.45, 2.75) is 57.8 Å². The van der Waals surface area contributed by atoms with Crippen LogP contribution in [-0.4, -0.2) is 13.7 Å². The molecule has 3 aromatic heterocycles. The van der Waals surface area contributed by atoms with E-state index in [4.69, 9.17) is 0 Å². The van der Waals surface area contributed by atoms with Gasteiger partial charge in [0.2, 0.25) is 0 Å². The summed E-state index contributed by atoms with van der Waals surface area (Å²) < 4.78 is 10.7. The molecule has 3 aliphatic rings. The molecule has 0 saturated heterocycles. The molecule has 0 spiro atoms. The highest BCUT2D eigenvalue weighted by molar-refractivity contribution is 9.11. The van der Waals surface area contributed by atoms with Gasteiger partial charge in [0.05, 0.1) is 38.8 Å². The SMILES string of the molecule is CC1(C)c2ccccc2-c2c(-n3c4ccccc4c4cc(-c5cccc(-c6ccccc6Br)c5)ccc43)cccc21.CC1(C)c2ccccc2-c2cc(-n3c4ccccc4c4cc(-c5cccc(-c6ccccc6Br)c5)ccc43)ccc21.CC1(C)c2ccccc2-c2ccc(-n3c4ccccc4c4cc(-c5cccc(-c6ccccc6Br)c5)ccc43)cc21. The van der Waals surface area contributed by atoms with Crippen molar-refractivity contribution < 1.29 is 0 Å². The Morgan fingerprint density at radius 3 is 0.943 bits per heavy atom. The fraction of sp³-hybridized carbons (Fsp3) is 0.0769. The quantitative estimate of drug-likeness (QED) is 0.137. The second kappa shape index (κ2) is 29.9. The largest absolute Gasteiger partial charge is 0.309 e. The predicted molar refractivity (Wildman–Crippen MR) is 531 cm³/mol. The lowest BCUT2D eigenvalue weighted by Crippen LogP contribution is -2.15. The summed E-state index contributed by atoms with van der Waals surface area (Å²) in [6.07, 6.45) is 0. The van der Waals surface area contributed by atoms with Crippen LogP contribution in [0.2, 0.25) is 0 Å². The summed E-state index contributed by atoms with van der Waals surface area (Å²) in [6, 6.07) is 146. The van der Waals surface area contributed by atoms with Gasteiger partial charge in [0, 0.05) is 78.9 Å². The van der Waals surface area contributed by atoms with Crippen molar-refractivity contribution in [1.82, 2.24) is 13.7 Å². The fourth-order valence-electron chi connectivity index (χ4n) is 20.6. The van der Waals surface area contributed by atoms with E-state index in [1.165, 1.54) is 216 Å². The smallest absolute Gasteiger partial charge is 0.0543 e. The fourth-order valence-corrected chi connectivity index (χ4v) is 22.1. The number of benzene rings is 18. The molecule has 0 fully saturated rings. The second-order valence-electron chi connectivity index (χ2n) is 34.6. The number of halogens is 3. The third-order valence-electron chi connectivity index (χ3n) is 26.6. The van der Waals surface area contributed by atoms with Gasteiger partial charge in [0.1, 0.15) is 0 Å². The van der Waals surface area contributed by atoms with Crippen LogP contribution in [0.3, 0.4) is 0 Å². The first-order valence-corrected chi connectivity index (χ1v) is 44.8. The Morgan fingerprint density at radius 1 is 0.179 bits per heavy atom. The minimum absolute atomic E-state index is 0.00402. The molecule has 0 N–H and O–H groups in total. The normalized spacial score (nSPS) is 13.4. The first-order valence-electron chi connectivity index (χ1n) is 42.4. The standard InChI is InChI=1S/3C39H28BrN/c1-39(2)32-16-6-3-15-30(32)38-33(39)17-10-20-37(38)41-35-19-8-5-14-29(35)31-24-26(21-22-36(31)41)25-11-9-12-27(23-25)28-13-4-7-18-34(28)40;1-39(2)34-15-6-3-13-30(34)31-20-19-28(24-35(31)39)41-37-17-8-5-14-32(37)33-23-26(18-21-38(33)41)25-10-9-11-27(22-25)29-12-4-7-16-36(29)40;1-39(2)34-15-6-3-13-30(34)32-24-28(19-20-35(32)39)41-37-17-8-5-14-31(37)33-23-26(18-21-38(33)41)25-10-9-11-27(22-25)29-12-4-7-16-36(29)40/h3*3-24H,1-2H3. The molecule has 123 heavy (non-hydrogen) atoms. The Hall–Kier alpha value is -13.2. The summed E-state index contributed by atoms with van der Waals surface area (Å²) >= 11 is 11.2. The molecule has 0 aliphatic heterocycles. The van der Waals surface area contributed by atoms with Gasteiger partial charge in [-0.3, -0.25) is 0 Å². The number of para-hydroxylation sites is 3. The molecule has 3 aliphatic carbocycles. The Morgan fingerprint density at radius 2 is 0.480 bits per heavy atom. The average Bonchev–Trinajstić information content (AvgIpc) is 1.56. The minimum Gasteiger partial charge on any atom is -0.309 e. The van der Waals surface area contributed by atoms with Gasteiger partial charge in [0.15, 0.2) is 0 Å². The molecular formula is C117H84Br3N3. The second-order valence-corrected chi connectivity index (χ2v) is 37.2. The molecule has 0 atom stereocenters. The van der Waals surface area contributed by atoms with E-state index in [1.807, 2.05) is 0 Å². The van der Waals surface area contributed by atoms with Crippen molar-refractivity contribution >= 4 is 113 Å². The van der Waals surface area contributed by atoms with Crippen molar-refractivity contribution in [2.75, 3.05) is 0 Å². The Bertz CT molecular complexity index is 7900. The number of hydrogen-bond acceptors (Lipinski definition) is 0. The van der Waals surface area contributed by atoms with Gasteiger partial charge in [-0.15, -0.1) is 0 Å². The lowest BCUT2D eigenvalue weighted by molar-refractivity contribution is 0.660. The summed E-state index contributed by atoms with van der Waals surface area (Å²) in [4.78, 5) is 0. The maximum atomic E-state index is 3.73. The van der Waals surface area contributed by atoms with Crippen molar-refractivity contribution in [3.05, 3.63) is 447 Å². The monoisotopic (exact) mass is 1770 g/mol. The summed E-state index contributed by atoms with van der Waals surface area (Å²) in [5, 5.41) is 7.63. The zero-order valence-corrected chi connectivity index (χ0v) is 73.8. The molecule has 3 heterocycles. The molecule has 0 unspecified atom stereocenters. The molecule has 6 heteroatoms. The highest BCUT2D eigenvalue weighted by Crippen LogP contribution is 2.55. The first kappa shape index (κ1) is 76.0. The molecule has 24 rings (SSSR count). The number of nitrogens with zero attached hydrogens (tertiary/aromatic N) is 3. The van der Waals surface area contributed by atoms with Crippen LogP contribution < -0.4 is 0 Å². The van der Waals surface area contributed by atoms with Crippen LogP contribution >= 0.6 is 47.8 Å². The van der Waals surface area contributed by atoms with E-state index in [1.54, 1.807) is 0 Å². The maximum absolute atomic E-state index is 3.73. The topological polar surface area (TPSA) is 14.8 Å². The minimum atomic E-state index is -0.0351. The molecule has 0 bridgehead atoms. The van der Waals surface area contributed by atoms with Crippen LogP contribution in [0.5, 0.6) is 0 Å². The summed E-state index contributed by atoms with van der Waals surface area (Å²) in [7, 11) is 0. The zero-order valence-electron chi connectivity index (χ0n) is 69.1. The molecule has 0 amide bonds. The molecule has 3 nitrogen and oxygen atoms in total. The predicted octanol–water partition coefficient (Wildman–Crippen LogP) is 33.6. The van der Waals surface area contributed by atoms with Crippen LogP contribution in [0.25, 0.3) is 183 Å². The molecule has 0 saturated carbocycles. The van der Waals surface area contributed by atoms with Crippen LogP contribution in [0, 0.1) is 0 Å². The third kappa shape index (κ3) is 12.5. The van der Waals surface area contributed by atoms with Gasteiger partial charge < -0.3 is 13.7 Å². The van der Waals surface area contributed by atoms with Gasteiger partial charge in [-0.2, -0.15) is 0 Å². The highest BCUT2D eigenvalue weighted by atomic mass is 79.9. The van der Waals surface area contributed by atoms with Crippen LogP contribution in [0.15, 0.2) is 414 Å².